The van der Waals surface area contributed by atoms with Crippen LogP contribution in [0.3, 0.4) is 0 Å². The van der Waals surface area contributed by atoms with Crippen LogP contribution in [-0.2, 0) is 14.4 Å². The number of aliphatic hydroxyl groups excluding tert-OH is 1. The number of rotatable bonds is 14. The molecule has 8 heteroatoms. The van der Waals surface area contributed by atoms with E-state index in [4.69, 9.17) is 0 Å². The van der Waals surface area contributed by atoms with E-state index < -0.39 is 28.7 Å². The average molecular weight is 520 g/mol. The van der Waals surface area contributed by atoms with Crippen molar-refractivity contribution in [1.82, 2.24) is 14.7 Å². The first-order valence-electron chi connectivity index (χ1n) is 13.6. The number of nitrogens with zero attached hydrogens (tertiary/aromatic N) is 3. The summed E-state index contributed by atoms with van der Waals surface area (Å²) in [5, 5.41) is 10.1. The van der Waals surface area contributed by atoms with Crippen molar-refractivity contribution >= 4 is 29.5 Å². The van der Waals surface area contributed by atoms with Crippen LogP contribution in [0.15, 0.2) is 25.3 Å². The van der Waals surface area contributed by atoms with Gasteiger partial charge < -0.3 is 19.8 Å². The highest BCUT2D eigenvalue weighted by atomic mass is 32.2. The highest BCUT2D eigenvalue weighted by molar-refractivity contribution is 8.02. The van der Waals surface area contributed by atoms with Crippen LogP contribution in [0.25, 0.3) is 0 Å². The van der Waals surface area contributed by atoms with Gasteiger partial charge in [0.2, 0.25) is 17.7 Å². The Balaban J connectivity index is 2.05. The quantitative estimate of drug-likeness (QED) is 0.281. The molecular formula is C28H45N3O4S. The van der Waals surface area contributed by atoms with E-state index in [0.717, 1.165) is 32.1 Å². The Kier molecular flexibility index (Phi) is 9.72. The summed E-state index contributed by atoms with van der Waals surface area (Å²) in [6.07, 6.45) is 8.07. The van der Waals surface area contributed by atoms with E-state index in [1.165, 1.54) is 0 Å². The average Bonchev–Trinajstić information content (AvgIpc) is 3.45. The molecule has 202 valence electrons. The molecule has 1 spiro atoms. The molecule has 0 saturated carbocycles. The number of fused-ring (bicyclic) bond motifs is 1. The fourth-order valence-electron chi connectivity index (χ4n) is 6.68. The maximum atomic E-state index is 14.3. The second-order valence-corrected chi connectivity index (χ2v) is 12.2. The molecule has 3 unspecified atom stereocenters. The van der Waals surface area contributed by atoms with Gasteiger partial charge in [0, 0.05) is 31.4 Å². The van der Waals surface area contributed by atoms with Crippen LogP contribution in [0.5, 0.6) is 0 Å². The van der Waals surface area contributed by atoms with Gasteiger partial charge in [-0.1, -0.05) is 45.8 Å². The topological polar surface area (TPSA) is 81.2 Å². The van der Waals surface area contributed by atoms with Gasteiger partial charge in [0.15, 0.2) is 0 Å². The van der Waals surface area contributed by atoms with Gasteiger partial charge in [0.05, 0.1) is 29.2 Å². The van der Waals surface area contributed by atoms with Gasteiger partial charge >= 0.3 is 0 Å². The lowest BCUT2D eigenvalue weighted by molar-refractivity contribution is -0.146. The fourth-order valence-corrected chi connectivity index (χ4v) is 9.08. The molecule has 3 amide bonds. The number of carbonyl (C=O) groups is 3. The molecule has 0 aliphatic carbocycles. The Morgan fingerprint density at radius 2 is 1.78 bits per heavy atom. The number of carbonyl (C=O) groups excluding carboxylic acids is 3. The van der Waals surface area contributed by atoms with Gasteiger partial charge in [-0.2, -0.15) is 0 Å². The zero-order valence-electron chi connectivity index (χ0n) is 22.5. The van der Waals surface area contributed by atoms with E-state index in [-0.39, 0.29) is 35.5 Å². The van der Waals surface area contributed by atoms with Crippen LogP contribution in [0.2, 0.25) is 0 Å². The van der Waals surface area contributed by atoms with Crippen LogP contribution in [0, 0.1) is 17.8 Å². The molecule has 3 heterocycles. The number of thioether (sulfide) groups is 1. The number of unbranched alkanes of at least 4 members (excludes halogenated alkanes) is 2. The van der Waals surface area contributed by atoms with Crippen molar-refractivity contribution in [2.24, 2.45) is 17.8 Å². The molecule has 0 aromatic heterocycles. The molecule has 3 fully saturated rings. The summed E-state index contributed by atoms with van der Waals surface area (Å²) in [6, 6.07) is -1.20. The molecule has 3 aliphatic rings. The summed E-state index contributed by atoms with van der Waals surface area (Å²) in [5.74, 6) is -1.14. The maximum Gasteiger partial charge on any atom is 0.247 e. The van der Waals surface area contributed by atoms with Crippen molar-refractivity contribution in [3.05, 3.63) is 25.3 Å². The van der Waals surface area contributed by atoms with Crippen molar-refractivity contribution < 1.29 is 19.5 Å². The largest absolute Gasteiger partial charge is 0.394 e. The van der Waals surface area contributed by atoms with E-state index >= 15 is 0 Å². The zero-order chi connectivity index (χ0) is 26.6. The van der Waals surface area contributed by atoms with Crippen molar-refractivity contribution in [3.63, 3.8) is 0 Å². The van der Waals surface area contributed by atoms with Crippen molar-refractivity contribution in [2.75, 3.05) is 32.8 Å². The number of likely N-dealkylation sites (tertiary alicyclic amines) is 1. The Morgan fingerprint density at radius 3 is 2.33 bits per heavy atom. The predicted molar refractivity (Wildman–Crippen MR) is 145 cm³/mol. The number of amides is 3. The molecule has 7 atom stereocenters. The Labute approximate surface area is 221 Å². The smallest absolute Gasteiger partial charge is 0.247 e. The fraction of sp³-hybridized carbons (Fsp3) is 0.750. The molecule has 3 rings (SSSR count). The molecule has 7 nitrogen and oxygen atoms in total. The maximum absolute atomic E-state index is 14.3. The van der Waals surface area contributed by atoms with Gasteiger partial charge in [0.1, 0.15) is 6.04 Å². The van der Waals surface area contributed by atoms with Gasteiger partial charge in [-0.25, -0.2) is 0 Å². The molecule has 0 aromatic carbocycles. The minimum Gasteiger partial charge on any atom is -0.394 e. The minimum absolute atomic E-state index is 0.00281. The Hall–Kier alpha value is -1.80. The molecular weight excluding hydrogens is 474 g/mol. The van der Waals surface area contributed by atoms with E-state index in [2.05, 4.69) is 27.0 Å². The lowest BCUT2D eigenvalue weighted by Crippen LogP contribution is -2.59. The second-order valence-electron chi connectivity index (χ2n) is 10.7. The second kappa shape index (κ2) is 12.2. The lowest BCUT2D eigenvalue weighted by atomic mass is 9.65. The molecule has 0 radical (unpaired) electrons. The first kappa shape index (κ1) is 28.8. The van der Waals surface area contributed by atoms with Gasteiger partial charge in [0.25, 0.3) is 0 Å². The van der Waals surface area contributed by atoms with Gasteiger partial charge in [-0.05, 0) is 32.1 Å². The third kappa shape index (κ3) is 4.75. The Morgan fingerprint density at radius 1 is 1.14 bits per heavy atom. The van der Waals surface area contributed by atoms with Crippen LogP contribution in [-0.4, -0.2) is 92.4 Å². The van der Waals surface area contributed by atoms with Crippen molar-refractivity contribution in [2.45, 2.75) is 81.9 Å². The van der Waals surface area contributed by atoms with E-state index in [0.29, 0.717) is 26.2 Å². The molecule has 0 aromatic rings. The summed E-state index contributed by atoms with van der Waals surface area (Å²) >= 11 is 1.69. The summed E-state index contributed by atoms with van der Waals surface area (Å²) < 4.78 is -0.668. The van der Waals surface area contributed by atoms with E-state index in [9.17, 15) is 19.5 Å². The van der Waals surface area contributed by atoms with Crippen LogP contribution < -0.4 is 0 Å². The Bertz CT molecular complexity index is 851. The number of hydrogen-bond acceptors (Lipinski definition) is 5. The molecule has 3 aliphatic heterocycles. The normalized spacial score (nSPS) is 31.3. The third-order valence-corrected chi connectivity index (χ3v) is 10.4. The minimum atomic E-state index is -0.694. The standard InChI is InChI=1S/C28H45N3O4S/c1-7-11-12-16-30(15-10-4)27(35)24-28-19(5)17-21(36-28)22(25(33)29(13-8-2)14-9-3)23(28)26(34)31(24)20(6)18-32/h8,10,19-24,32H,2,4,7,9,11-18H2,1,3,5-6H3/t19?,20-,21+,22-,23+,24?,28?/m1/s1. The summed E-state index contributed by atoms with van der Waals surface area (Å²) in [6.45, 7) is 17.6. The third-order valence-electron chi connectivity index (χ3n) is 8.29. The first-order chi connectivity index (χ1) is 17.2. The van der Waals surface area contributed by atoms with Crippen molar-refractivity contribution in [1.29, 1.82) is 0 Å². The monoisotopic (exact) mass is 519 g/mol. The molecule has 36 heavy (non-hydrogen) atoms. The lowest BCUT2D eigenvalue weighted by Gasteiger charge is -2.42. The number of hydrogen-bond donors (Lipinski definition) is 1. The van der Waals surface area contributed by atoms with Crippen LogP contribution >= 0.6 is 11.8 Å². The van der Waals surface area contributed by atoms with Crippen molar-refractivity contribution in [3.8, 4) is 0 Å². The highest BCUT2D eigenvalue weighted by Gasteiger charge is 2.76. The van der Waals surface area contributed by atoms with Crippen LogP contribution in [0.1, 0.15) is 59.8 Å². The number of aliphatic hydroxyl groups is 1. The van der Waals surface area contributed by atoms with E-state index in [1.807, 2.05) is 16.7 Å². The molecule has 1 N–H and O–H groups in total. The first-order valence-corrected chi connectivity index (χ1v) is 14.5. The van der Waals surface area contributed by atoms with E-state index in [1.54, 1.807) is 35.7 Å². The zero-order valence-corrected chi connectivity index (χ0v) is 23.3. The van der Waals surface area contributed by atoms with Crippen LogP contribution in [0.4, 0.5) is 0 Å². The summed E-state index contributed by atoms with van der Waals surface area (Å²) in [7, 11) is 0. The highest BCUT2D eigenvalue weighted by Crippen LogP contribution is 2.69. The summed E-state index contributed by atoms with van der Waals surface area (Å²) in [5.41, 5.74) is 0. The predicted octanol–water partition coefficient (Wildman–Crippen LogP) is 3.33. The SMILES string of the molecule is C=CCN(CCCCC)C(=O)C1N([C@H](C)CO)C(=O)[C@@H]2[C@H](C(=O)N(CC=C)CCC)[C@@H]3CC(C)C12S3. The summed E-state index contributed by atoms with van der Waals surface area (Å²) in [4.78, 5) is 47.6. The van der Waals surface area contributed by atoms with Gasteiger partial charge in [-0.3, -0.25) is 14.4 Å². The molecule has 3 saturated heterocycles. The van der Waals surface area contributed by atoms with Gasteiger partial charge in [-0.15, -0.1) is 24.9 Å². The molecule has 2 bridgehead atoms.